The van der Waals surface area contributed by atoms with Crippen LogP contribution < -0.4 is 16.0 Å². The summed E-state index contributed by atoms with van der Waals surface area (Å²) in [6.07, 6.45) is 0. The second kappa shape index (κ2) is 5.62. The van der Waals surface area contributed by atoms with Crippen LogP contribution in [0.2, 0.25) is 5.02 Å². The van der Waals surface area contributed by atoms with Gasteiger partial charge in [-0.15, -0.1) is 11.3 Å². The Bertz CT molecular complexity index is 729. The van der Waals surface area contributed by atoms with E-state index in [1.807, 2.05) is 11.4 Å². The number of hydrazine groups is 1. The first-order valence-corrected chi connectivity index (χ1v) is 7.11. The zero-order chi connectivity index (χ0) is 13.9. The predicted octanol–water partition coefficient (Wildman–Crippen LogP) is 3.21. The Labute approximate surface area is 124 Å². The number of rotatable bonds is 4. The third-order valence-electron chi connectivity index (χ3n) is 2.69. The summed E-state index contributed by atoms with van der Waals surface area (Å²) >= 11 is 7.36. The summed E-state index contributed by atoms with van der Waals surface area (Å²) in [5.74, 6) is 7.37. The smallest absolute Gasteiger partial charge is 0.169 e. The molecule has 5 nitrogen and oxygen atoms in total. The molecule has 3 N–H and O–H groups in total. The first kappa shape index (κ1) is 13.1. The van der Waals surface area contributed by atoms with Crippen LogP contribution in [0.1, 0.15) is 5.82 Å². The lowest BCUT2D eigenvalue weighted by Crippen LogP contribution is -2.11. The van der Waals surface area contributed by atoms with E-state index in [0.29, 0.717) is 22.4 Å². The molecular weight excluding hydrogens is 296 g/mol. The molecule has 0 fully saturated rings. The summed E-state index contributed by atoms with van der Waals surface area (Å²) in [5.41, 5.74) is 2.58. The van der Waals surface area contributed by atoms with Gasteiger partial charge in [-0.3, -0.25) is 0 Å². The van der Waals surface area contributed by atoms with Gasteiger partial charge in [-0.2, -0.15) is 0 Å². The third kappa shape index (κ3) is 2.67. The highest BCUT2D eigenvalue weighted by molar-refractivity contribution is 7.16. The highest BCUT2D eigenvalue weighted by atomic mass is 35.5. The number of halogens is 1. The van der Waals surface area contributed by atoms with Crippen molar-refractivity contribution in [2.24, 2.45) is 5.84 Å². The molecule has 3 aromatic rings. The maximum Gasteiger partial charge on any atom is 0.169 e. The van der Waals surface area contributed by atoms with E-state index in [1.165, 1.54) is 11.3 Å². The Balaban J connectivity index is 1.81. The SMILES string of the molecule is NNc1nc(COc2ccc(Cl)cc2)nc2sccc12. The van der Waals surface area contributed by atoms with Crippen molar-refractivity contribution in [3.8, 4) is 5.75 Å². The molecule has 0 amide bonds. The molecule has 102 valence electrons. The molecular formula is C13H11ClN4OS. The number of nitrogens with zero attached hydrogens (tertiary/aromatic N) is 2. The van der Waals surface area contributed by atoms with Crippen molar-refractivity contribution in [3.63, 3.8) is 0 Å². The molecule has 0 aliphatic rings. The molecule has 0 saturated carbocycles. The first-order valence-electron chi connectivity index (χ1n) is 5.85. The molecule has 0 saturated heterocycles. The number of nitrogen functional groups attached to an aromatic ring is 1. The standard InChI is InChI=1S/C13H11ClN4OS/c14-8-1-3-9(4-2-8)19-7-11-16-12(18-15)10-5-6-20-13(10)17-11/h1-6H,7,15H2,(H,16,17,18). The summed E-state index contributed by atoms with van der Waals surface area (Å²) in [5, 5.41) is 3.53. The van der Waals surface area contributed by atoms with Gasteiger partial charge in [-0.05, 0) is 35.7 Å². The zero-order valence-electron chi connectivity index (χ0n) is 10.3. The van der Waals surface area contributed by atoms with Gasteiger partial charge in [0.2, 0.25) is 0 Å². The molecule has 0 bridgehead atoms. The molecule has 1 aromatic carbocycles. The van der Waals surface area contributed by atoms with Crippen molar-refractivity contribution in [2.45, 2.75) is 6.61 Å². The number of thiophene rings is 1. The van der Waals surface area contributed by atoms with Gasteiger partial charge in [-0.25, -0.2) is 15.8 Å². The number of ether oxygens (including phenoxy) is 1. The van der Waals surface area contributed by atoms with E-state index in [4.69, 9.17) is 22.2 Å². The van der Waals surface area contributed by atoms with Gasteiger partial charge in [0.1, 0.15) is 17.2 Å². The predicted molar refractivity (Wildman–Crippen MR) is 81.0 cm³/mol. The molecule has 0 atom stereocenters. The van der Waals surface area contributed by atoms with Crippen LogP contribution in [0.25, 0.3) is 10.2 Å². The van der Waals surface area contributed by atoms with Crippen molar-refractivity contribution in [3.05, 3.63) is 46.6 Å². The van der Waals surface area contributed by atoms with Crippen LogP contribution in [0.5, 0.6) is 5.75 Å². The monoisotopic (exact) mass is 306 g/mol. The number of nitrogens with one attached hydrogen (secondary N) is 1. The number of hydrogen-bond donors (Lipinski definition) is 2. The average molecular weight is 307 g/mol. The van der Waals surface area contributed by atoms with Gasteiger partial charge in [-0.1, -0.05) is 11.6 Å². The van der Waals surface area contributed by atoms with Crippen LogP contribution in [-0.2, 0) is 6.61 Å². The van der Waals surface area contributed by atoms with Crippen molar-refractivity contribution in [1.82, 2.24) is 9.97 Å². The maximum absolute atomic E-state index is 5.82. The van der Waals surface area contributed by atoms with Gasteiger partial charge in [0.05, 0.1) is 5.39 Å². The van der Waals surface area contributed by atoms with Crippen LogP contribution in [-0.4, -0.2) is 9.97 Å². The van der Waals surface area contributed by atoms with Crippen molar-refractivity contribution in [1.29, 1.82) is 0 Å². The Kier molecular flexibility index (Phi) is 3.68. The van der Waals surface area contributed by atoms with E-state index >= 15 is 0 Å². The quantitative estimate of drug-likeness (QED) is 0.572. The minimum absolute atomic E-state index is 0.268. The fraction of sp³-hybridized carbons (Fsp3) is 0.0769. The Hall–Kier alpha value is -1.89. The summed E-state index contributed by atoms with van der Waals surface area (Å²) in [7, 11) is 0. The molecule has 0 aliphatic heterocycles. The highest BCUT2D eigenvalue weighted by Crippen LogP contribution is 2.25. The van der Waals surface area contributed by atoms with E-state index in [1.54, 1.807) is 24.3 Å². The van der Waals surface area contributed by atoms with Crippen molar-refractivity contribution >= 4 is 39.0 Å². The molecule has 0 aliphatic carbocycles. The van der Waals surface area contributed by atoms with E-state index in [0.717, 1.165) is 10.2 Å². The Morgan fingerprint density at radius 1 is 1.20 bits per heavy atom. The van der Waals surface area contributed by atoms with Gasteiger partial charge in [0.15, 0.2) is 11.6 Å². The molecule has 2 aromatic heterocycles. The van der Waals surface area contributed by atoms with E-state index in [2.05, 4.69) is 15.4 Å². The zero-order valence-corrected chi connectivity index (χ0v) is 11.9. The van der Waals surface area contributed by atoms with Crippen LogP contribution in [0.3, 0.4) is 0 Å². The lowest BCUT2D eigenvalue weighted by molar-refractivity contribution is 0.296. The lowest BCUT2D eigenvalue weighted by Gasteiger charge is -2.07. The summed E-state index contributed by atoms with van der Waals surface area (Å²) in [4.78, 5) is 9.65. The summed E-state index contributed by atoms with van der Waals surface area (Å²) < 4.78 is 5.62. The van der Waals surface area contributed by atoms with E-state index < -0.39 is 0 Å². The first-order chi connectivity index (χ1) is 9.76. The molecule has 7 heteroatoms. The fourth-order valence-electron chi connectivity index (χ4n) is 1.75. The number of hydrogen-bond acceptors (Lipinski definition) is 6. The Morgan fingerprint density at radius 2 is 2.00 bits per heavy atom. The maximum atomic E-state index is 5.82. The number of benzene rings is 1. The summed E-state index contributed by atoms with van der Waals surface area (Å²) in [6.45, 7) is 0.268. The van der Waals surface area contributed by atoms with Crippen LogP contribution in [0.4, 0.5) is 5.82 Å². The second-order valence-electron chi connectivity index (χ2n) is 4.01. The number of aromatic nitrogens is 2. The van der Waals surface area contributed by atoms with Crippen molar-refractivity contribution < 1.29 is 4.74 Å². The molecule has 3 rings (SSSR count). The Morgan fingerprint density at radius 3 is 2.75 bits per heavy atom. The second-order valence-corrected chi connectivity index (χ2v) is 5.35. The van der Waals surface area contributed by atoms with Gasteiger partial charge in [0, 0.05) is 5.02 Å². The summed E-state index contributed by atoms with van der Waals surface area (Å²) in [6, 6.07) is 9.07. The molecule has 0 spiro atoms. The van der Waals surface area contributed by atoms with Crippen molar-refractivity contribution in [2.75, 3.05) is 5.43 Å². The van der Waals surface area contributed by atoms with Gasteiger partial charge >= 0.3 is 0 Å². The average Bonchev–Trinajstić information content (AvgIpc) is 2.94. The van der Waals surface area contributed by atoms with E-state index in [9.17, 15) is 0 Å². The van der Waals surface area contributed by atoms with E-state index in [-0.39, 0.29) is 6.61 Å². The molecule has 0 radical (unpaired) electrons. The third-order valence-corrected chi connectivity index (χ3v) is 3.75. The minimum atomic E-state index is 0.268. The molecule has 0 unspecified atom stereocenters. The normalized spacial score (nSPS) is 10.7. The van der Waals surface area contributed by atoms with Crippen LogP contribution in [0.15, 0.2) is 35.7 Å². The molecule has 20 heavy (non-hydrogen) atoms. The molecule has 2 heterocycles. The van der Waals surface area contributed by atoms with Crippen LogP contribution in [0, 0.1) is 0 Å². The minimum Gasteiger partial charge on any atom is -0.486 e. The van der Waals surface area contributed by atoms with Gasteiger partial charge in [0.25, 0.3) is 0 Å². The van der Waals surface area contributed by atoms with Crippen LogP contribution >= 0.6 is 22.9 Å². The van der Waals surface area contributed by atoms with Gasteiger partial charge < -0.3 is 10.2 Å². The number of anilines is 1. The fourth-order valence-corrected chi connectivity index (χ4v) is 2.66. The lowest BCUT2D eigenvalue weighted by atomic mass is 10.3. The topological polar surface area (TPSA) is 73.1 Å². The number of fused-ring (bicyclic) bond motifs is 1. The number of nitrogens with two attached hydrogens (primary N) is 1. The highest BCUT2D eigenvalue weighted by Gasteiger charge is 2.08. The largest absolute Gasteiger partial charge is 0.486 e.